The van der Waals surface area contributed by atoms with Crippen LogP contribution < -0.4 is 54.4 Å². The van der Waals surface area contributed by atoms with E-state index in [1.165, 1.54) is 9.80 Å². The number of rotatable bonds is 34. The van der Waals surface area contributed by atoms with Crippen LogP contribution in [0.1, 0.15) is 131 Å². The number of carbonyl (C=O) groups excluding carboxylic acids is 9. The molecule has 0 aliphatic carbocycles. The third-order valence-electron chi connectivity index (χ3n) is 14.9. The van der Waals surface area contributed by atoms with Crippen molar-refractivity contribution in [2.45, 2.75) is 193 Å². The molecule has 0 radical (unpaired) electrons. The van der Waals surface area contributed by atoms with Gasteiger partial charge in [0, 0.05) is 25.9 Å². The van der Waals surface area contributed by atoms with Gasteiger partial charge in [0.15, 0.2) is 1.41 Å². The van der Waals surface area contributed by atoms with Gasteiger partial charge in [0.1, 0.15) is 55.8 Å². The molecule has 460 valence electrons. The summed E-state index contributed by atoms with van der Waals surface area (Å²) in [5.41, 5.74) is 15.2. The lowest BCUT2D eigenvalue weighted by Gasteiger charge is -2.32. The summed E-state index contributed by atoms with van der Waals surface area (Å²) in [7, 11) is 0. The summed E-state index contributed by atoms with van der Waals surface area (Å²) in [6.07, 6.45) is 2.23. The number of hydrogen-bond acceptors (Lipinski definition) is 13. The Kier molecular flexibility index (Phi) is 26.7. The Balaban J connectivity index is 1.56. The maximum atomic E-state index is 14.8. The molecule has 2 fully saturated rings. The Labute approximate surface area is 492 Å². The number of carboxylic acid groups (broad SMARTS) is 1. The number of benzene rings is 2. The average molecular weight is 1160 g/mol. The van der Waals surface area contributed by atoms with E-state index >= 15 is 0 Å². The molecule has 0 spiro atoms. The van der Waals surface area contributed by atoms with Crippen LogP contribution >= 0.6 is 0 Å². The summed E-state index contributed by atoms with van der Waals surface area (Å²) in [4.78, 5) is 143. The zero-order valence-electron chi connectivity index (χ0n) is 51.7. The molecule has 23 heteroatoms. The van der Waals surface area contributed by atoms with Crippen molar-refractivity contribution in [3.05, 3.63) is 71.8 Å². The van der Waals surface area contributed by atoms with Crippen LogP contribution in [0.3, 0.4) is 0 Å². The number of amides is 9. The van der Waals surface area contributed by atoms with Crippen LogP contribution in [0.4, 0.5) is 0 Å². The SMILES string of the molecule is [2H]N[C@@H](CC(C)C)C(=O)N[C@@H](Cc1ccccc1)C(=O)N1CCC[C@H]1C(=O)N[C@H](C(=O)N[C@@H](CCCN)C(=O)N([2H])[C@@H](CC(C)C)C(=O)N[C@@H](Cc1ccccc1)C(=O)N1CCC[C@H]1C(=O)N[C@H](C(=O)N[C@@H](CCCN)C(=O)O)C(C)C)C(C)C. The van der Waals surface area contributed by atoms with Crippen LogP contribution in [-0.4, -0.2) is 161 Å². The highest BCUT2D eigenvalue weighted by Gasteiger charge is 2.43. The molecule has 2 aromatic carbocycles. The van der Waals surface area contributed by atoms with Crippen molar-refractivity contribution in [2.24, 2.45) is 40.9 Å². The zero-order valence-corrected chi connectivity index (χ0v) is 49.7. The monoisotopic (exact) mass is 1160 g/mol. The summed E-state index contributed by atoms with van der Waals surface area (Å²) < 4.78 is 17.1. The van der Waals surface area contributed by atoms with Gasteiger partial charge in [0.25, 0.3) is 0 Å². The molecule has 2 aromatic rings. The van der Waals surface area contributed by atoms with Gasteiger partial charge in [-0.3, -0.25) is 43.2 Å². The Morgan fingerprint density at radius 1 is 0.542 bits per heavy atom. The second-order valence-corrected chi connectivity index (χ2v) is 23.5. The van der Waals surface area contributed by atoms with Gasteiger partial charge < -0.3 is 69.3 Å². The van der Waals surface area contributed by atoms with Gasteiger partial charge in [-0.05, 0) is 112 Å². The Hall–Kier alpha value is -6.98. The molecule has 2 aliphatic rings. The third kappa shape index (κ3) is 21.3. The lowest BCUT2D eigenvalue weighted by molar-refractivity contribution is -0.144. The molecule has 10 atom stereocenters. The number of carboxylic acids is 1. The van der Waals surface area contributed by atoms with Crippen molar-refractivity contribution in [3.63, 3.8) is 0 Å². The van der Waals surface area contributed by atoms with Crippen molar-refractivity contribution in [1.82, 2.24) is 47.0 Å². The van der Waals surface area contributed by atoms with Crippen LogP contribution in [0.25, 0.3) is 0 Å². The Morgan fingerprint density at radius 2 is 0.952 bits per heavy atom. The molecule has 83 heavy (non-hydrogen) atoms. The minimum atomic E-state index is -1.51. The second-order valence-electron chi connectivity index (χ2n) is 23.5. The van der Waals surface area contributed by atoms with Crippen molar-refractivity contribution in [2.75, 3.05) is 26.2 Å². The predicted molar refractivity (Wildman–Crippen MR) is 314 cm³/mol. The molecule has 23 nitrogen and oxygen atoms in total. The molecule has 0 unspecified atom stereocenters. The quantitative estimate of drug-likeness (QED) is 0.0469. The largest absolute Gasteiger partial charge is 0.480 e. The fourth-order valence-electron chi connectivity index (χ4n) is 10.4. The van der Waals surface area contributed by atoms with E-state index in [9.17, 15) is 54.5 Å². The van der Waals surface area contributed by atoms with Crippen LogP contribution in [0, 0.1) is 23.7 Å². The maximum Gasteiger partial charge on any atom is 0.326 e. The van der Waals surface area contributed by atoms with Crippen LogP contribution in [-0.2, 0) is 60.8 Å². The molecular weight excluding hydrogens is 1060 g/mol. The van der Waals surface area contributed by atoms with Crippen molar-refractivity contribution < 1.29 is 55.9 Å². The summed E-state index contributed by atoms with van der Waals surface area (Å²) in [5, 5.41) is 26.7. The molecule has 0 saturated carbocycles. The summed E-state index contributed by atoms with van der Waals surface area (Å²) in [6.45, 7) is 14.8. The highest BCUT2D eigenvalue weighted by atomic mass is 16.4. The van der Waals surface area contributed by atoms with Gasteiger partial charge in [-0.25, -0.2) is 4.79 Å². The van der Waals surface area contributed by atoms with Gasteiger partial charge in [0.2, 0.25) is 53.2 Å². The van der Waals surface area contributed by atoms with E-state index in [1.807, 2.05) is 32.0 Å². The van der Waals surface area contributed by atoms with Crippen molar-refractivity contribution >= 4 is 59.1 Å². The number of likely N-dealkylation sites (tertiary alicyclic amines) is 2. The molecule has 2 heterocycles. The lowest BCUT2D eigenvalue weighted by Crippen LogP contribution is -2.61. The zero-order chi connectivity index (χ0) is 63.1. The van der Waals surface area contributed by atoms with Crippen molar-refractivity contribution in [3.8, 4) is 0 Å². The smallest absolute Gasteiger partial charge is 0.326 e. The van der Waals surface area contributed by atoms with E-state index in [2.05, 4.69) is 37.6 Å². The van der Waals surface area contributed by atoms with E-state index in [-0.39, 0.29) is 89.4 Å². The van der Waals surface area contributed by atoms with E-state index in [4.69, 9.17) is 12.9 Å². The molecule has 2 saturated heterocycles. The average Bonchev–Trinajstić information content (AvgIpc) is 2.86. The first-order valence-electron chi connectivity index (χ1n) is 30.4. The molecule has 2 aliphatic heterocycles. The number of carbonyl (C=O) groups is 10. The van der Waals surface area contributed by atoms with Crippen molar-refractivity contribution in [1.29, 1.82) is 0 Å². The summed E-state index contributed by atoms with van der Waals surface area (Å²) in [5.74, 6) is -8.80. The number of aliphatic carboxylic acids is 1. The Morgan fingerprint density at radius 3 is 1.35 bits per heavy atom. The van der Waals surface area contributed by atoms with Gasteiger partial charge in [-0.1, -0.05) is 116 Å². The number of nitrogens with one attached hydrogen (secondary N) is 7. The van der Waals surface area contributed by atoms with Crippen LogP contribution in [0.2, 0.25) is 2.82 Å². The van der Waals surface area contributed by atoms with Gasteiger partial charge in [-0.15, -0.1) is 0 Å². The predicted octanol–water partition coefficient (Wildman–Crippen LogP) is 1.14. The first kappa shape index (κ1) is 65.2. The highest BCUT2D eigenvalue weighted by molar-refractivity contribution is 5.99. The lowest BCUT2D eigenvalue weighted by atomic mass is 9.99. The molecule has 9 amide bonds. The van der Waals surface area contributed by atoms with Gasteiger partial charge in [0.05, 0.1) is 6.04 Å². The number of nitrogens with zero attached hydrogens (tertiary/aromatic N) is 2. The standard InChI is InChI=1S/C60H94N12O11/c1-35(2)31-41(63)51(73)67-45(33-39-19-11-9-12-20-39)58(80)71-29-17-25-47(71)54(76)69-49(37(5)6)56(78)64-42(23-15-27-61)52(74)66-44(32-36(3)4)53(75)68-46(34-40-21-13-10-14-22-40)59(81)72-30-18-26-48(72)55(77)70-50(38(7)8)57(79)65-43(60(82)83)24-16-28-62/h9-14,19-22,35-38,41-50H,15-18,23-34,61-63H2,1-8H3,(H,64,78)(H,65,79)(H,66,74)(H,67,73)(H,68,75)(H,69,76)(H,70,77)(H,82,83)/t41-,42-,43-,44-,45-,46-,47-,48-,49-,50-/m0/s1/i/hD2. The molecule has 4 rings (SSSR count). The molecule has 0 bridgehead atoms. The normalized spacial score (nSPS) is 18.4. The Bertz CT molecular complexity index is 2550. The summed E-state index contributed by atoms with van der Waals surface area (Å²) in [6, 6.07) is 5.87. The number of nitrogens with two attached hydrogens (primary N) is 3. The highest BCUT2D eigenvalue weighted by Crippen LogP contribution is 2.23. The van der Waals surface area contributed by atoms with E-state index in [0.717, 1.165) is 5.56 Å². The van der Waals surface area contributed by atoms with E-state index in [0.29, 0.717) is 36.6 Å². The van der Waals surface area contributed by atoms with Crippen LogP contribution in [0.15, 0.2) is 60.7 Å². The first-order chi connectivity index (χ1) is 40.3. The molecule has 0 aromatic heterocycles. The number of hydrogen-bond donors (Lipinski definition) is 11. The van der Waals surface area contributed by atoms with Gasteiger partial charge in [-0.2, -0.15) is 0 Å². The van der Waals surface area contributed by atoms with E-state index in [1.54, 1.807) is 84.0 Å². The second kappa shape index (κ2) is 34.0. The minimum Gasteiger partial charge on any atom is -0.480 e. The topological polar surface area (TPSA) is 360 Å². The fraction of sp³-hybridized carbons (Fsp3) is 0.633. The third-order valence-corrected chi connectivity index (χ3v) is 14.9. The molecular formula is C60H94N12O11. The van der Waals surface area contributed by atoms with E-state index < -0.39 is 131 Å². The summed E-state index contributed by atoms with van der Waals surface area (Å²) >= 11 is 0. The minimum absolute atomic E-state index is 0.0502. The first-order valence-corrected chi connectivity index (χ1v) is 29.5. The van der Waals surface area contributed by atoms with Crippen LogP contribution in [0.5, 0.6) is 0 Å². The van der Waals surface area contributed by atoms with Gasteiger partial charge >= 0.3 is 5.97 Å². The molecule has 14 N–H and O–H groups in total. The maximum absolute atomic E-state index is 14.8. The fourth-order valence-corrected chi connectivity index (χ4v) is 10.4.